The van der Waals surface area contributed by atoms with Crippen molar-refractivity contribution in [2.45, 2.75) is 39.4 Å². The molecule has 0 amide bonds. The van der Waals surface area contributed by atoms with Crippen molar-refractivity contribution in [1.29, 1.82) is 0 Å². The molecule has 1 aromatic heterocycles. The van der Waals surface area contributed by atoms with Crippen LogP contribution in [0.2, 0.25) is 0 Å². The van der Waals surface area contributed by atoms with E-state index in [2.05, 4.69) is 59.9 Å². The lowest BCUT2D eigenvalue weighted by Gasteiger charge is -2.35. The third-order valence-electron chi connectivity index (χ3n) is 3.19. The molecule has 100 valence electrons. The number of thioether (sulfide) groups is 1. The van der Waals surface area contributed by atoms with Crippen LogP contribution in [0.15, 0.2) is 18.3 Å². The van der Waals surface area contributed by atoms with Gasteiger partial charge in [-0.25, -0.2) is 0 Å². The normalized spacial score (nSPS) is 20.4. The average Bonchev–Trinajstić information content (AvgIpc) is 2.37. The van der Waals surface area contributed by atoms with E-state index in [1.54, 1.807) is 0 Å². The molecule has 0 aromatic carbocycles. The van der Waals surface area contributed by atoms with Crippen molar-refractivity contribution in [3.63, 3.8) is 0 Å². The number of rotatable bonds is 4. The molecule has 2 rings (SSSR count). The number of pyridine rings is 1. The molecule has 0 bridgehead atoms. The second kappa shape index (κ2) is 6.43. The maximum atomic E-state index is 4.44. The Morgan fingerprint density at radius 2 is 2.39 bits per heavy atom. The highest BCUT2D eigenvalue weighted by atomic mass is 32.2. The Balaban J connectivity index is 2.06. The summed E-state index contributed by atoms with van der Waals surface area (Å²) in [6.45, 7) is 8.62. The first-order valence-corrected chi connectivity index (χ1v) is 7.85. The monoisotopic (exact) mass is 265 g/mol. The molecule has 2 heterocycles. The van der Waals surface area contributed by atoms with Gasteiger partial charge in [0, 0.05) is 48.6 Å². The fourth-order valence-corrected chi connectivity index (χ4v) is 3.17. The molecule has 1 saturated heterocycles. The molecule has 0 saturated carbocycles. The van der Waals surface area contributed by atoms with E-state index in [1.807, 2.05) is 6.20 Å². The van der Waals surface area contributed by atoms with Gasteiger partial charge in [-0.1, -0.05) is 13.8 Å². The number of nitrogens with zero attached hydrogens (tertiary/aromatic N) is 2. The van der Waals surface area contributed by atoms with E-state index in [0.29, 0.717) is 12.1 Å². The Labute approximate surface area is 114 Å². The Morgan fingerprint density at radius 3 is 3.11 bits per heavy atom. The van der Waals surface area contributed by atoms with Gasteiger partial charge in [-0.2, -0.15) is 11.8 Å². The van der Waals surface area contributed by atoms with Crippen molar-refractivity contribution in [3.8, 4) is 0 Å². The molecule has 0 radical (unpaired) electrons. The molecule has 0 spiro atoms. The minimum Gasteiger partial charge on any atom is -0.367 e. The smallest absolute Gasteiger partial charge is 0.0562 e. The summed E-state index contributed by atoms with van der Waals surface area (Å²) in [6, 6.07) is 5.48. The number of hydrogen-bond donors (Lipinski definition) is 1. The molecule has 1 aliphatic rings. The van der Waals surface area contributed by atoms with Gasteiger partial charge in [0.05, 0.1) is 5.69 Å². The largest absolute Gasteiger partial charge is 0.367 e. The van der Waals surface area contributed by atoms with Crippen molar-refractivity contribution in [2.24, 2.45) is 0 Å². The van der Waals surface area contributed by atoms with Crippen LogP contribution in [0.5, 0.6) is 0 Å². The van der Waals surface area contributed by atoms with Crippen molar-refractivity contribution < 1.29 is 0 Å². The van der Waals surface area contributed by atoms with E-state index in [0.717, 1.165) is 18.8 Å². The van der Waals surface area contributed by atoms with Gasteiger partial charge in [0.1, 0.15) is 0 Å². The van der Waals surface area contributed by atoms with Gasteiger partial charge in [0.2, 0.25) is 0 Å². The number of anilines is 1. The quantitative estimate of drug-likeness (QED) is 0.905. The van der Waals surface area contributed by atoms with Crippen LogP contribution >= 0.6 is 11.8 Å². The summed E-state index contributed by atoms with van der Waals surface area (Å²) in [7, 11) is 0. The van der Waals surface area contributed by atoms with Crippen molar-refractivity contribution in [2.75, 3.05) is 23.0 Å². The van der Waals surface area contributed by atoms with E-state index in [4.69, 9.17) is 0 Å². The first-order chi connectivity index (χ1) is 8.66. The topological polar surface area (TPSA) is 28.2 Å². The van der Waals surface area contributed by atoms with E-state index < -0.39 is 0 Å². The standard InChI is InChI=1S/C14H23N3S/c1-11(2)16-9-13-8-14(4-5-15-13)17-6-7-18-10-12(17)3/h4-5,8,11-12,16H,6-7,9-10H2,1-3H3. The molecule has 4 heteroatoms. The molecular weight excluding hydrogens is 242 g/mol. The van der Waals surface area contributed by atoms with E-state index in [-0.39, 0.29) is 0 Å². The summed E-state index contributed by atoms with van der Waals surface area (Å²) < 4.78 is 0. The minimum absolute atomic E-state index is 0.501. The SMILES string of the molecule is CC(C)NCc1cc(N2CCSCC2C)ccn1. The Hall–Kier alpha value is -0.740. The summed E-state index contributed by atoms with van der Waals surface area (Å²) in [5.41, 5.74) is 2.45. The molecule has 3 nitrogen and oxygen atoms in total. The zero-order valence-corrected chi connectivity index (χ0v) is 12.3. The highest BCUT2D eigenvalue weighted by Crippen LogP contribution is 2.23. The van der Waals surface area contributed by atoms with Gasteiger partial charge < -0.3 is 10.2 Å². The second-order valence-electron chi connectivity index (χ2n) is 5.16. The Kier molecular flexibility index (Phi) is 4.89. The Morgan fingerprint density at radius 1 is 1.56 bits per heavy atom. The molecule has 1 aromatic rings. The average molecular weight is 265 g/mol. The first kappa shape index (κ1) is 13.7. The van der Waals surface area contributed by atoms with Crippen LogP contribution < -0.4 is 10.2 Å². The predicted octanol–water partition coefficient (Wildman–Crippen LogP) is 2.52. The summed E-state index contributed by atoms with van der Waals surface area (Å²) >= 11 is 2.05. The predicted molar refractivity (Wildman–Crippen MR) is 80.3 cm³/mol. The zero-order valence-electron chi connectivity index (χ0n) is 11.5. The lowest BCUT2D eigenvalue weighted by atomic mass is 10.2. The minimum atomic E-state index is 0.501. The first-order valence-electron chi connectivity index (χ1n) is 6.69. The lowest BCUT2D eigenvalue weighted by Crippen LogP contribution is -2.40. The fraction of sp³-hybridized carbons (Fsp3) is 0.643. The Bertz CT molecular complexity index is 381. The van der Waals surface area contributed by atoms with E-state index in [9.17, 15) is 0 Å². The van der Waals surface area contributed by atoms with Gasteiger partial charge in [0.15, 0.2) is 0 Å². The van der Waals surface area contributed by atoms with Crippen LogP contribution in [0.25, 0.3) is 0 Å². The van der Waals surface area contributed by atoms with Gasteiger partial charge in [0.25, 0.3) is 0 Å². The third kappa shape index (κ3) is 3.62. The zero-order chi connectivity index (χ0) is 13.0. The van der Waals surface area contributed by atoms with E-state index in [1.165, 1.54) is 17.2 Å². The fourth-order valence-electron chi connectivity index (χ4n) is 2.16. The molecule has 18 heavy (non-hydrogen) atoms. The summed E-state index contributed by atoms with van der Waals surface area (Å²) in [5, 5.41) is 3.42. The summed E-state index contributed by atoms with van der Waals surface area (Å²) in [5.74, 6) is 2.45. The molecule has 1 atom stereocenters. The van der Waals surface area contributed by atoms with Crippen LogP contribution in [-0.2, 0) is 6.54 Å². The van der Waals surface area contributed by atoms with Crippen LogP contribution in [0.3, 0.4) is 0 Å². The van der Waals surface area contributed by atoms with Crippen LogP contribution in [0, 0.1) is 0 Å². The summed E-state index contributed by atoms with van der Waals surface area (Å²) in [6.07, 6.45) is 1.93. The number of aromatic nitrogens is 1. The molecular formula is C14H23N3S. The van der Waals surface area contributed by atoms with Gasteiger partial charge in [-0.3, -0.25) is 4.98 Å². The highest BCUT2D eigenvalue weighted by Gasteiger charge is 2.19. The molecule has 1 aliphatic heterocycles. The maximum Gasteiger partial charge on any atom is 0.0562 e. The van der Waals surface area contributed by atoms with Crippen LogP contribution in [0.4, 0.5) is 5.69 Å². The molecule has 0 aliphatic carbocycles. The molecule has 1 unspecified atom stereocenters. The number of hydrogen-bond acceptors (Lipinski definition) is 4. The van der Waals surface area contributed by atoms with Gasteiger partial charge >= 0.3 is 0 Å². The van der Waals surface area contributed by atoms with Crippen molar-refractivity contribution in [1.82, 2.24) is 10.3 Å². The van der Waals surface area contributed by atoms with Gasteiger partial charge in [-0.05, 0) is 19.1 Å². The third-order valence-corrected chi connectivity index (χ3v) is 4.38. The summed E-state index contributed by atoms with van der Waals surface area (Å²) in [4.78, 5) is 6.93. The van der Waals surface area contributed by atoms with Gasteiger partial charge in [-0.15, -0.1) is 0 Å². The van der Waals surface area contributed by atoms with E-state index >= 15 is 0 Å². The van der Waals surface area contributed by atoms with Crippen molar-refractivity contribution >= 4 is 17.4 Å². The number of nitrogens with one attached hydrogen (secondary N) is 1. The van der Waals surface area contributed by atoms with Crippen LogP contribution in [0.1, 0.15) is 26.5 Å². The van der Waals surface area contributed by atoms with Crippen LogP contribution in [-0.4, -0.2) is 35.1 Å². The van der Waals surface area contributed by atoms with Crippen molar-refractivity contribution in [3.05, 3.63) is 24.0 Å². The second-order valence-corrected chi connectivity index (χ2v) is 6.31. The molecule has 1 fully saturated rings. The lowest BCUT2D eigenvalue weighted by molar-refractivity contribution is 0.581. The molecule has 1 N–H and O–H groups in total. The highest BCUT2D eigenvalue weighted by molar-refractivity contribution is 7.99. The maximum absolute atomic E-state index is 4.44.